The molecule has 1 rings (SSSR count). The van der Waals surface area contributed by atoms with Crippen molar-refractivity contribution in [2.75, 3.05) is 0 Å². The fourth-order valence-corrected chi connectivity index (χ4v) is 1.24. The fourth-order valence-electron chi connectivity index (χ4n) is 1.24. The van der Waals surface area contributed by atoms with E-state index in [4.69, 9.17) is 10.2 Å². The lowest BCUT2D eigenvalue weighted by molar-refractivity contribution is -0.422. The van der Waals surface area contributed by atoms with E-state index < -0.39 is 44.3 Å². The van der Waals surface area contributed by atoms with E-state index >= 15 is 0 Å². The highest BCUT2D eigenvalue weighted by Gasteiger charge is 2.33. The predicted molar refractivity (Wildman–Crippen MR) is 53.7 cm³/mol. The Hall–Kier alpha value is -3.04. The van der Waals surface area contributed by atoms with Crippen LogP contribution in [0.3, 0.4) is 0 Å². The molecular weight excluding hydrogens is 252 g/mol. The van der Waals surface area contributed by atoms with Gasteiger partial charge in [-0.25, -0.2) is 9.59 Å². The number of nitro groups is 2. The fraction of sp³-hybridized carbons (Fsp3) is 0. The number of hydrogen-bond donors (Lipinski definition) is 2. The van der Waals surface area contributed by atoms with E-state index in [9.17, 15) is 29.8 Å². The van der Waals surface area contributed by atoms with Gasteiger partial charge in [0.2, 0.25) is 0 Å². The summed E-state index contributed by atoms with van der Waals surface area (Å²) < 4.78 is 0. The van der Waals surface area contributed by atoms with Gasteiger partial charge in [-0.1, -0.05) is 0 Å². The van der Waals surface area contributed by atoms with Crippen molar-refractivity contribution in [3.63, 3.8) is 0 Å². The summed E-state index contributed by atoms with van der Waals surface area (Å²) in [7, 11) is 0. The van der Waals surface area contributed by atoms with E-state index in [1.807, 2.05) is 0 Å². The van der Waals surface area contributed by atoms with Gasteiger partial charge in [-0.05, 0) is 6.07 Å². The van der Waals surface area contributed by atoms with Gasteiger partial charge in [0, 0.05) is 6.07 Å². The first-order valence-corrected chi connectivity index (χ1v) is 4.19. The lowest BCUT2D eigenvalue weighted by atomic mass is 10.1. The van der Waals surface area contributed by atoms with Gasteiger partial charge in [-0.2, -0.15) is 0 Å². The highest BCUT2D eigenvalue weighted by atomic mass is 16.6. The van der Waals surface area contributed by atoms with Crippen LogP contribution in [0.1, 0.15) is 20.7 Å². The summed E-state index contributed by atoms with van der Waals surface area (Å²) in [6, 6.07) is 0.933. The average molecular weight is 256 g/mol. The van der Waals surface area contributed by atoms with Gasteiger partial charge in [0.05, 0.1) is 15.4 Å². The molecule has 0 unspecified atom stereocenters. The van der Waals surface area contributed by atoms with E-state index in [1.54, 1.807) is 0 Å². The summed E-state index contributed by atoms with van der Waals surface area (Å²) in [6.07, 6.45) is 0. The minimum atomic E-state index is -1.83. The first-order valence-electron chi connectivity index (χ1n) is 4.19. The lowest BCUT2D eigenvalue weighted by Gasteiger charge is -2.01. The van der Waals surface area contributed by atoms with E-state index in [0.717, 1.165) is 0 Å². The van der Waals surface area contributed by atoms with E-state index in [1.165, 1.54) is 0 Å². The summed E-state index contributed by atoms with van der Waals surface area (Å²) in [4.78, 5) is 40.2. The maximum atomic E-state index is 10.8. The zero-order chi connectivity index (χ0) is 14.0. The second kappa shape index (κ2) is 4.45. The molecule has 10 nitrogen and oxygen atoms in total. The number of benzene rings is 1. The maximum absolute atomic E-state index is 10.8. The Morgan fingerprint density at radius 1 is 1.00 bits per heavy atom. The number of carboxylic acids is 2. The van der Waals surface area contributed by atoms with Crippen LogP contribution in [0.4, 0.5) is 11.4 Å². The van der Waals surface area contributed by atoms with Gasteiger partial charge in [-0.15, -0.1) is 0 Å². The summed E-state index contributed by atoms with van der Waals surface area (Å²) in [5.74, 6) is -3.46. The third-order valence-corrected chi connectivity index (χ3v) is 1.95. The smallest absolute Gasteiger partial charge is 0.360 e. The van der Waals surface area contributed by atoms with Gasteiger partial charge >= 0.3 is 23.3 Å². The van der Waals surface area contributed by atoms with Crippen molar-refractivity contribution in [1.82, 2.24) is 0 Å². The summed E-state index contributed by atoms with van der Waals surface area (Å²) in [5, 5.41) is 38.6. The molecule has 0 aliphatic carbocycles. The summed E-state index contributed by atoms with van der Waals surface area (Å²) in [6.45, 7) is 0. The zero-order valence-corrected chi connectivity index (χ0v) is 8.39. The van der Waals surface area contributed by atoms with Crippen LogP contribution in [0, 0.1) is 20.2 Å². The summed E-state index contributed by atoms with van der Waals surface area (Å²) in [5.41, 5.74) is -4.20. The van der Waals surface area contributed by atoms with E-state index in [2.05, 4.69) is 0 Å². The number of carbonyl (C=O) groups is 2. The van der Waals surface area contributed by atoms with Crippen molar-refractivity contribution < 1.29 is 29.6 Å². The number of carboxylic acid groups (broad SMARTS) is 2. The molecule has 0 heterocycles. The number of nitrogens with zero attached hydrogens (tertiary/aromatic N) is 2. The standard InChI is InChI=1S/C8H4N2O8/c11-7(12)3-1-4(8(13)14)6(10(17)18)5(2-3)9(15)16/h1-2H,(H,11,12)(H,13,14). The molecule has 2 N–H and O–H groups in total. The molecule has 0 bridgehead atoms. The largest absolute Gasteiger partial charge is 0.478 e. The predicted octanol–water partition coefficient (Wildman–Crippen LogP) is 0.899. The molecule has 0 saturated heterocycles. The molecule has 0 saturated carbocycles. The van der Waals surface area contributed by atoms with Gasteiger partial charge < -0.3 is 10.2 Å². The van der Waals surface area contributed by atoms with Crippen molar-refractivity contribution in [3.8, 4) is 0 Å². The third-order valence-electron chi connectivity index (χ3n) is 1.95. The van der Waals surface area contributed by atoms with Crippen molar-refractivity contribution >= 4 is 23.3 Å². The zero-order valence-electron chi connectivity index (χ0n) is 8.39. The van der Waals surface area contributed by atoms with Crippen LogP contribution in [0.25, 0.3) is 0 Å². The average Bonchev–Trinajstić information content (AvgIpc) is 2.26. The first kappa shape index (κ1) is 13.0. The molecule has 0 spiro atoms. The second-order valence-electron chi connectivity index (χ2n) is 3.02. The van der Waals surface area contributed by atoms with Crippen LogP contribution >= 0.6 is 0 Å². The van der Waals surface area contributed by atoms with E-state index in [0.29, 0.717) is 12.1 Å². The third kappa shape index (κ3) is 2.21. The quantitative estimate of drug-likeness (QED) is 0.592. The molecule has 0 radical (unpaired) electrons. The lowest BCUT2D eigenvalue weighted by Crippen LogP contribution is -2.09. The van der Waals surface area contributed by atoms with Crippen LogP contribution in [0.15, 0.2) is 12.1 Å². The maximum Gasteiger partial charge on any atom is 0.360 e. The molecule has 0 atom stereocenters. The van der Waals surface area contributed by atoms with Crippen LogP contribution in [-0.4, -0.2) is 32.0 Å². The molecule has 1 aromatic rings. The molecule has 0 aliphatic rings. The van der Waals surface area contributed by atoms with Crippen LogP contribution < -0.4 is 0 Å². The normalized spacial score (nSPS) is 9.78. The minimum absolute atomic E-state index is 0.437. The molecule has 10 heteroatoms. The minimum Gasteiger partial charge on any atom is -0.478 e. The highest BCUT2D eigenvalue weighted by molar-refractivity contribution is 5.99. The molecule has 94 valence electrons. The topological polar surface area (TPSA) is 161 Å². The van der Waals surface area contributed by atoms with Crippen molar-refractivity contribution in [3.05, 3.63) is 43.5 Å². The van der Waals surface area contributed by atoms with Gasteiger partial charge in [0.1, 0.15) is 5.56 Å². The van der Waals surface area contributed by atoms with Crippen molar-refractivity contribution in [2.45, 2.75) is 0 Å². The first-order chi connectivity index (χ1) is 8.25. The van der Waals surface area contributed by atoms with E-state index in [-0.39, 0.29) is 0 Å². The molecule has 0 aromatic heterocycles. The molecule has 18 heavy (non-hydrogen) atoms. The van der Waals surface area contributed by atoms with Crippen LogP contribution in [0.5, 0.6) is 0 Å². The number of aromatic carboxylic acids is 2. The van der Waals surface area contributed by atoms with Crippen molar-refractivity contribution in [1.29, 1.82) is 0 Å². The monoisotopic (exact) mass is 256 g/mol. The SMILES string of the molecule is O=C(O)c1cc(C(=O)O)c([N+](=O)[O-])c([N+](=O)[O-])c1. The highest BCUT2D eigenvalue weighted by Crippen LogP contribution is 2.32. The number of rotatable bonds is 4. The molecular formula is C8H4N2O8. The Labute approximate surface area is 97.4 Å². The Bertz CT molecular complexity index is 543. The van der Waals surface area contributed by atoms with Gasteiger partial charge in [-0.3, -0.25) is 20.2 Å². The molecule has 0 amide bonds. The number of hydrogen-bond acceptors (Lipinski definition) is 6. The number of nitro benzene ring substituents is 2. The van der Waals surface area contributed by atoms with Gasteiger partial charge in [0.25, 0.3) is 0 Å². The second-order valence-corrected chi connectivity index (χ2v) is 3.02. The van der Waals surface area contributed by atoms with Crippen LogP contribution in [-0.2, 0) is 0 Å². The van der Waals surface area contributed by atoms with Gasteiger partial charge in [0.15, 0.2) is 0 Å². The van der Waals surface area contributed by atoms with Crippen LogP contribution in [0.2, 0.25) is 0 Å². The molecule has 0 aliphatic heterocycles. The summed E-state index contributed by atoms with van der Waals surface area (Å²) >= 11 is 0. The Balaban J connectivity index is 3.76. The Morgan fingerprint density at radius 3 is 1.89 bits per heavy atom. The Morgan fingerprint density at radius 2 is 1.56 bits per heavy atom. The molecule has 0 fully saturated rings. The van der Waals surface area contributed by atoms with Crippen molar-refractivity contribution in [2.24, 2.45) is 0 Å². The Kier molecular flexibility index (Phi) is 3.22. The molecule has 1 aromatic carbocycles.